The maximum atomic E-state index is 9.80. The fourth-order valence-electron chi connectivity index (χ4n) is 3.52. The molecule has 0 amide bonds. The molecule has 0 aromatic rings. The topological polar surface area (TPSA) is 35.5 Å². The second-order valence-corrected chi connectivity index (χ2v) is 7.32. The number of aliphatic hydroxyl groups is 1. The van der Waals surface area contributed by atoms with E-state index in [2.05, 4.69) is 51.8 Å². The Bertz CT molecular complexity index is 265. The molecule has 1 aliphatic carbocycles. The van der Waals surface area contributed by atoms with E-state index in [1.54, 1.807) is 0 Å². The Labute approximate surface area is 119 Å². The Morgan fingerprint density at radius 1 is 1.21 bits per heavy atom. The fourth-order valence-corrected chi connectivity index (χ4v) is 3.52. The van der Waals surface area contributed by atoms with Gasteiger partial charge in [-0.2, -0.15) is 0 Å². The lowest BCUT2D eigenvalue weighted by Gasteiger charge is -2.36. The predicted molar refractivity (Wildman–Crippen MR) is 82.4 cm³/mol. The third-order valence-corrected chi connectivity index (χ3v) is 4.19. The van der Waals surface area contributed by atoms with Crippen molar-refractivity contribution < 1.29 is 5.11 Å². The van der Waals surface area contributed by atoms with Crippen LogP contribution >= 0.6 is 0 Å². The Morgan fingerprint density at radius 2 is 1.84 bits per heavy atom. The number of aliphatic hydroxyl groups excluding tert-OH is 1. The van der Waals surface area contributed by atoms with Gasteiger partial charge in [0.05, 0.1) is 6.61 Å². The molecular weight excluding hydrogens is 236 g/mol. The van der Waals surface area contributed by atoms with Crippen LogP contribution in [0.2, 0.25) is 0 Å². The van der Waals surface area contributed by atoms with Crippen LogP contribution < -0.4 is 5.32 Å². The van der Waals surface area contributed by atoms with E-state index >= 15 is 0 Å². The number of nitrogens with one attached hydrogen (secondary N) is 1. The average molecular weight is 270 g/mol. The molecule has 1 aliphatic rings. The molecule has 0 heterocycles. The molecule has 0 spiro atoms. The first kappa shape index (κ1) is 16.9. The Kier molecular flexibility index (Phi) is 6.28. The fraction of sp³-hybridized carbons (Fsp3) is 1.00. The maximum Gasteiger partial charge on any atom is 0.0614 e. The molecule has 2 atom stereocenters. The number of rotatable bonds is 7. The quantitative estimate of drug-likeness (QED) is 0.746. The van der Waals surface area contributed by atoms with Crippen LogP contribution in [0.3, 0.4) is 0 Å². The molecule has 0 aromatic carbocycles. The van der Waals surface area contributed by atoms with E-state index in [1.807, 2.05) is 0 Å². The molecule has 0 saturated heterocycles. The van der Waals surface area contributed by atoms with Crippen molar-refractivity contribution in [2.45, 2.75) is 84.5 Å². The molecule has 2 unspecified atom stereocenters. The third kappa shape index (κ3) is 4.73. The zero-order valence-electron chi connectivity index (χ0n) is 13.7. The van der Waals surface area contributed by atoms with Crippen molar-refractivity contribution in [2.24, 2.45) is 5.92 Å². The van der Waals surface area contributed by atoms with Crippen LogP contribution in [-0.2, 0) is 0 Å². The molecule has 1 saturated carbocycles. The molecule has 114 valence electrons. The second-order valence-electron chi connectivity index (χ2n) is 7.32. The van der Waals surface area contributed by atoms with Gasteiger partial charge in [0.15, 0.2) is 0 Å². The van der Waals surface area contributed by atoms with E-state index in [9.17, 15) is 5.11 Å². The normalized spacial score (nSPS) is 28.3. The first-order chi connectivity index (χ1) is 8.79. The first-order valence-electron chi connectivity index (χ1n) is 7.94. The first-order valence-corrected chi connectivity index (χ1v) is 7.94. The minimum atomic E-state index is -0.0526. The smallest absolute Gasteiger partial charge is 0.0614 e. The van der Waals surface area contributed by atoms with Gasteiger partial charge in [-0.1, -0.05) is 27.7 Å². The highest BCUT2D eigenvalue weighted by molar-refractivity contribution is 5.00. The minimum absolute atomic E-state index is 0.0526. The second kappa shape index (κ2) is 7.05. The van der Waals surface area contributed by atoms with Crippen LogP contribution in [0.5, 0.6) is 0 Å². The predicted octanol–water partition coefficient (Wildman–Crippen LogP) is 2.63. The van der Waals surface area contributed by atoms with Gasteiger partial charge in [0, 0.05) is 30.2 Å². The lowest BCUT2D eigenvalue weighted by molar-refractivity contribution is 0.111. The lowest BCUT2D eigenvalue weighted by atomic mass is 9.96. The molecular formula is C16H34N2O. The molecule has 1 fully saturated rings. The van der Waals surface area contributed by atoms with E-state index in [0.29, 0.717) is 24.0 Å². The molecule has 1 rings (SSSR count). The van der Waals surface area contributed by atoms with Gasteiger partial charge >= 0.3 is 0 Å². The molecule has 0 bridgehead atoms. The van der Waals surface area contributed by atoms with Crippen LogP contribution in [0.15, 0.2) is 0 Å². The van der Waals surface area contributed by atoms with Gasteiger partial charge in [-0.3, -0.25) is 4.90 Å². The summed E-state index contributed by atoms with van der Waals surface area (Å²) in [6.07, 6.45) is 3.37. The van der Waals surface area contributed by atoms with Gasteiger partial charge < -0.3 is 10.4 Å². The maximum absolute atomic E-state index is 9.80. The van der Waals surface area contributed by atoms with Crippen molar-refractivity contribution >= 4 is 0 Å². The Balaban J connectivity index is 2.70. The Hall–Kier alpha value is -0.120. The number of nitrogens with zero attached hydrogens (tertiary/aromatic N) is 1. The van der Waals surface area contributed by atoms with Crippen molar-refractivity contribution in [3.63, 3.8) is 0 Å². The zero-order valence-corrected chi connectivity index (χ0v) is 13.7. The molecule has 0 aromatic heterocycles. The van der Waals surface area contributed by atoms with Gasteiger partial charge in [0.25, 0.3) is 0 Å². The largest absolute Gasteiger partial charge is 0.394 e. The molecule has 0 aliphatic heterocycles. The number of hydrogen-bond donors (Lipinski definition) is 2. The van der Waals surface area contributed by atoms with E-state index in [0.717, 1.165) is 19.4 Å². The lowest BCUT2D eigenvalue weighted by Crippen LogP contribution is -2.51. The van der Waals surface area contributed by atoms with Gasteiger partial charge in [-0.15, -0.1) is 0 Å². The zero-order chi connectivity index (χ0) is 14.6. The summed E-state index contributed by atoms with van der Waals surface area (Å²) in [5.41, 5.74) is -0.0526. The summed E-state index contributed by atoms with van der Waals surface area (Å²) in [5.74, 6) is 0.699. The van der Waals surface area contributed by atoms with Crippen molar-refractivity contribution in [1.82, 2.24) is 10.2 Å². The molecule has 3 heteroatoms. The highest BCUT2D eigenvalue weighted by atomic mass is 16.3. The van der Waals surface area contributed by atoms with Gasteiger partial charge in [0.1, 0.15) is 0 Å². The van der Waals surface area contributed by atoms with Gasteiger partial charge in [-0.25, -0.2) is 0 Å². The molecule has 2 N–H and O–H groups in total. The average Bonchev–Trinajstić information content (AvgIpc) is 2.69. The summed E-state index contributed by atoms with van der Waals surface area (Å²) in [4.78, 5) is 2.63. The minimum Gasteiger partial charge on any atom is -0.394 e. The summed E-state index contributed by atoms with van der Waals surface area (Å²) in [7, 11) is 0. The summed E-state index contributed by atoms with van der Waals surface area (Å²) in [5, 5.41) is 13.4. The van der Waals surface area contributed by atoms with E-state index < -0.39 is 0 Å². The monoisotopic (exact) mass is 270 g/mol. The summed E-state index contributed by atoms with van der Waals surface area (Å²) in [6, 6.07) is 1.63. The Morgan fingerprint density at radius 3 is 2.26 bits per heavy atom. The van der Waals surface area contributed by atoms with E-state index in [-0.39, 0.29) is 12.1 Å². The van der Waals surface area contributed by atoms with Crippen molar-refractivity contribution in [3.8, 4) is 0 Å². The van der Waals surface area contributed by atoms with Crippen molar-refractivity contribution in [1.29, 1.82) is 0 Å². The SMILES string of the molecule is CC(C)CN(C(C)C)C1CCC(CO)(NC(C)C)C1. The van der Waals surface area contributed by atoms with Crippen LogP contribution in [0.4, 0.5) is 0 Å². The molecule has 3 nitrogen and oxygen atoms in total. The van der Waals surface area contributed by atoms with E-state index in [4.69, 9.17) is 0 Å². The summed E-state index contributed by atoms with van der Waals surface area (Å²) < 4.78 is 0. The van der Waals surface area contributed by atoms with E-state index in [1.165, 1.54) is 6.42 Å². The molecule has 19 heavy (non-hydrogen) atoms. The molecule has 0 radical (unpaired) electrons. The van der Waals surface area contributed by atoms with Crippen LogP contribution in [-0.4, -0.2) is 46.8 Å². The number of hydrogen-bond acceptors (Lipinski definition) is 3. The summed E-state index contributed by atoms with van der Waals surface area (Å²) >= 11 is 0. The highest BCUT2D eigenvalue weighted by Crippen LogP contribution is 2.34. The van der Waals surface area contributed by atoms with Crippen LogP contribution in [0, 0.1) is 5.92 Å². The van der Waals surface area contributed by atoms with Crippen LogP contribution in [0.1, 0.15) is 60.8 Å². The van der Waals surface area contributed by atoms with Gasteiger partial charge in [0.2, 0.25) is 0 Å². The van der Waals surface area contributed by atoms with Gasteiger partial charge in [-0.05, 0) is 39.0 Å². The third-order valence-electron chi connectivity index (χ3n) is 4.19. The summed E-state index contributed by atoms with van der Waals surface area (Å²) in [6.45, 7) is 14.9. The van der Waals surface area contributed by atoms with Crippen LogP contribution in [0.25, 0.3) is 0 Å². The standard InChI is InChI=1S/C16H34N2O/c1-12(2)10-18(14(5)6)15-7-8-16(9-15,11-19)17-13(3)4/h12-15,17,19H,7-11H2,1-6H3. The highest BCUT2D eigenvalue weighted by Gasteiger charge is 2.41. The van der Waals surface area contributed by atoms with Crippen molar-refractivity contribution in [3.05, 3.63) is 0 Å². The van der Waals surface area contributed by atoms with Crippen molar-refractivity contribution in [2.75, 3.05) is 13.2 Å².